The molecule has 0 spiro atoms. The Morgan fingerprint density at radius 1 is 1.19 bits per heavy atom. The van der Waals surface area contributed by atoms with Gasteiger partial charge in [-0.1, -0.05) is 30.6 Å². The molecule has 1 N–H and O–H groups in total. The number of nitrogens with zero attached hydrogens (tertiary/aromatic N) is 3. The minimum absolute atomic E-state index is 0.132. The number of hydrogen-bond donors (Lipinski definition) is 1. The van der Waals surface area contributed by atoms with Gasteiger partial charge in [0, 0.05) is 12.0 Å². The van der Waals surface area contributed by atoms with Gasteiger partial charge in [-0.15, -0.1) is 10.2 Å². The summed E-state index contributed by atoms with van der Waals surface area (Å²) in [5.41, 5.74) is -0.505. The van der Waals surface area contributed by atoms with Crippen LogP contribution in [-0.2, 0) is 0 Å². The Morgan fingerprint density at radius 2 is 1.85 bits per heavy atom. The first-order valence-corrected chi connectivity index (χ1v) is 9.40. The van der Waals surface area contributed by atoms with Gasteiger partial charge in [0.05, 0.1) is 25.2 Å². The first-order valence-electron chi connectivity index (χ1n) is 8.58. The number of benzene rings is 1. The Kier molecular flexibility index (Phi) is 5.84. The fourth-order valence-electron chi connectivity index (χ4n) is 3.17. The third kappa shape index (κ3) is 4.16. The van der Waals surface area contributed by atoms with E-state index < -0.39 is 10.8 Å². The van der Waals surface area contributed by atoms with E-state index in [1.54, 1.807) is 0 Å². The van der Waals surface area contributed by atoms with Crippen molar-refractivity contribution >= 4 is 28.1 Å². The van der Waals surface area contributed by atoms with Crippen LogP contribution >= 0.6 is 11.3 Å². The molecule has 1 heterocycles. The quantitative estimate of drug-likeness (QED) is 0.587. The van der Waals surface area contributed by atoms with E-state index in [-0.39, 0.29) is 22.7 Å². The summed E-state index contributed by atoms with van der Waals surface area (Å²) in [7, 11) is 2.77. The lowest BCUT2D eigenvalue weighted by atomic mass is 9.90. The van der Waals surface area contributed by atoms with Crippen LogP contribution in [0.5, 0.6) is 11.5 Å². The Labute approximate surface area is 159 Å². The summed E-state index contributed by atoms with van der Waals surface area (Å²) >= 11 is 1.31. The van der Waals surface area contributed by atoms with E-state index in [0.717, 1.165) is 17.8 Å². The topological polar surface area (TPSA) is 116 Å². The summed E-state index contributed by atoms with van der Waals surface area (Å²) in [5, 5.41) is 23.4. The molecule has 1 aliphatic carbocycles. The predicted octanol–water partition coefficient (Wildman–Crippen LogP) is 3.76. The fraction of sp³-hybridized carbons (Fsp3) is 0.471. The summed E-state index contributed by atoms with van der Waals surface area (Å²) in [6.07, 6.45) is 5.73. The lowest BCUT2D eigenvalue weighted by Crippen LogP contribution is -2.14. The van der Waals surface area contributed by atoms with Crippen molar-refractivity contribution in [2.75, 3.05) is 19.5 Å². The predicted molar refractivity (Wildman–Crippen MR) is 99.9 cm³/mol. The molecule has 27 heavy (non-hydrogen) atoms. The van der Waals surface area contributed by atoms with Crippen LogP contribution in [0.4, 0.5) is 10.8 Å². The molecule has 1 aromatic carbocycles. The Morgan fingerprint density at radius 3 is 2.48 bits per heavy atom. The minimum atomic E-state index is -0.644. The number of amides is 1. The summed E-state index contributed by atoms with van der Waals surface area (Å²) in [6, 6.07) is 2.46. The minimum Gasteiger partial charge on any atom is -0.493 e. The number of nitrogens with one attached hydrogen (secondary N) is 1. The number of hydrogen-bond acceptors (Lipinski definition) is 8. The summed E-state index contributed by atoms with van der Waals surface area (Å²) < 4.78 is 10.2. The summed E-state index contributed by atoms with van der Waals surface area (Å²) in [6.45, 7) is 0. The Hall–Kier alpha value is -2.75. The molecule has 2 aromatic rings. The van der Waals surface area contributed by atoms with Crippen molar-refractivity contribution in [1.82, 2.24) is 10.2 Å². The number of carbonyl (C=O) groups is 1. The van der Waals surface area contributed by atoms with Crippen molar-refractivity contribution in [2.45, 2.75) is 38.0 Å². The summed E-state index contributed by atoms with van der Waals surface area (Å²) in [5.74, 6) is 0.135. The van der Waals surface area contributed by atoms with Crippen LogP contribution in [0.2, 0.25) is 0 Å². The molecule has 10 heteroatoms. The van der Waals surface area contributed by atoms with Crippen LogP contribution in [0.1, 0.15) is 53.4 Å². The molecule has 144 valence electrons. The smallest absolute Gasteiger partial charge is 0.286 e. The van der Waals surface area contributed by atoms with Crippen LogP contribution in [-0.4, -0.2) is 35.2 Å². The second kappa shape index (κ2) is 8.30. The first kappa shape index (κ1) is 19.0. The van der Waals surface area contributed by atoms with Crippen molar-refractivity contribution in [3.8, 4) is 11.5 Å². The lowest BCUT2D eigenvalue weighted by molar-refractivity contribution is -0.385. The third-order valence-electron chi connectivity index (χ3n) is 4.56. The highest BCUT2D eigenvalue weighted by molar-refractivity contribution is 7.15. The number of methoxy groups -OCH3 is 2. The van der Waals surface area contributed by atoms with Gasteiger partial charge in [-0.05, 0) is 12.8 Å². The van der Waals surface area contributed by atoms with Gasteiger partial charge in [0.2, 0.25) is 5.13 Å². The van der Waals surface area contributed by atoms with Crippen LogP contribution < -0.4 is 14.8 Å². The maximum atomic E-state index is 12.6. The molecule has 1 aromatic heterocycles. The van der Waals surface area contributed by atoms with Crippen LogP contribution in [0, 0.1) is 10.1 Å². The van der Waals surface area contributed by atoms with E-state index in [0.29, 0.717) is 11.0 Å². The van der Waals surface area contributed by atoms with Gasteiger partial charge in [0.1, 0.15) is 10.6 Å². The summed E-state index contributed by atoms with van der Waals surface area (Å²) in [4.78, 5) is 23.3. The van der Waals surface area contributed by atoms with E-state index >= 15 is 0 Å². The molecule has 1 aliphatic rings. The van der Waals surface area contributed by atoms with Gasteiger partial charge in [0.15, 0.2) is 11.5 Å². The largest absolute Gasteiger partial charge is 0.493 e. The van der Waals surface area contributed by atoms with Crippen LogP contribution in [0.15, 0.2) is 12.1 Å². The molecule has 0 radical (unpaired) electrons. The number of anilines is 1. The highest BCUT2D eigenvalue weighted by Crippen LogP contribution is 2.37. The van der Waals surface area contributed by atoms with E-state index in [1.807, 2.05) is 0 Å². The maximum Gasteiger partial charge on any atom is 0.286 e. The molecule has 0 saturated heterocycles. The molecule has 9 nitrogen and oxygen atoms in total. The second-order valence-electron chi connectivity index (χ2n) is 6.22. The molecule has 1 fully saturated rings. The number of rotatable bonds is 6. The van der Waals surface area contributed by atoms with E-state index in [4.69, 9.17) is 9.47 Å². The molecule has 1 amide bonds. The number of nitro groups is 1. The third-order valence-corrected chi connectivity index (χ3v) is 5.56. The first-order chi connectivity index (χ1) is 13.0. The molecule has 0 bridgehead atoms. The molecular weight excluding hydrogens is 372 g/mol. The zero-order chi connectivity index (χ0) is 19.4. The van der Waals surface area contributed by atoms with Gasteiger partial charge in [-0.25, -0.2) is 0 Å². The SMILES string of the molecule is COc1cc(C(=O)Nc2nnc(C3CCCCC3)s2)c([N+](=O)[O-])cc1OC. The van der Waals surface area contributed by atoms with Crippen LogP contribution in [0.25, 0.3) is 0 Å². The number of ether oxygens (including phenoxy) is 2. The average Bonchev–Trinajstić information content (AvgIpc) is 3.15. The molecule has 3 rings (SSSR count). The average molecular weight is 392 g/mol. The highest BCUT2D eigenvalue weighted by Gasteiger charge is 2.26. The Balaban J connectivity index is 1.83. The standard InChI is InChI=1S/C17H20N4O5S/c1-25-13-8-11(12(21(23)24)9-14(13)26-2)15(22)18-17-20-19-16(27-17)10-6-4-3-5-7-10/h8-10H,3-7H2,1-2H3,(H,18,20,22). The highest BCUT2D eigenvalue weighted by atomic mass is 32.1. The monoisotopic (exact) mass is 392 g/mol. The van der Waals surface area contributed by atoms with Crippen molar-refractivity contribution in [3.05, 3.63) is 32.8 Å². The number of carbonyl (C=O) groups excluding carboxylic acids is 1. The van der Waals surface area contributed by atoms with Gasteiger partial charge < -0.3 is 9.47 Å². The van der Waals surface area contributed by atoms with Gasteiger partial charge >= 0.3 is 0 Å². The van der Waals surface area contributed by atoms with Gasteiger partial charge in [0.25, 0.3) is 11.6 Å². The number of aromatic nitrogens is 2. The number of nitro benzene ring substituents is 1. The molecule has 1 saturated carbocycles. The normalized spacial score (nSPS) is 14.6. The zero-order valence-corrected chi connectivity index (χ0v) is 15.9. The Bertz CT molecular complexity index is 848. The van der Waals surface area contributed by atoms with Crippen LogP contribution in [0.3, 0.4) is 0 Å². The second-order valence-corrected chi connectivity index (χ2v) is 7.23. The molecule has 0 aliphatic heterocycles. The van der Waals surface area contributed by atoms with Gasteiger partial charge in [-0.2, -0.15) is 0 Å². The van der Waals surface area contributed by atoms with E-state index in [1.165, 1.54) is 57.0 Å². The van der Waals surface area contributed by atoms with Crippen molar-refractivity contribution in [2.24, 2.45) is 0 Å². The lowest BCUT2D eigenvalue weighted by Gasteiger charge is -2.18. The van der Waals surface area contributed by atoms with Crippen molar-refractivity contribution in [3.63, 3.8) is 0 Å². The van der Waals surface area contributed by atoms with Crippen molar-refractivity contribution in [1.29, 1.82) is 0 Å². The molecule has 0 atom stereocenters. The van der Waals surface area contributed by atoms with Gasteiger partial charge in [-0.3, -0.25) is 20.2 Å². The van der Waals surface area contributed by atoms with E-state index in [2.05, 4.69) is 15.5 Å². The fourth-order valence-corrected chi connectivity index (χ4v) is 4.07. The van der Waals surface area contributed by atoms with E-state index in [9.17, 15) is 14.9 Å². The molecular formula is C17H20N4O5S. The zero-order valence-electron chi connectivity index (χ0n) is 15.1. The molecule has 0 unspecified atom stereocenters. The van der Waals surface area contributed by atoms with Crippen molar-refractivity contribution < 1.29 is 19.2 Å². The maximum absolute atomic E-state index is 12.6.